The number of hydrogen-bond acceptors (Lipinski definition) is 4. The SMILES string of the molecule is O=C(NCCCn1ccnc1)NCCc1coc(-c2ccccc2)n1. The van der Waals surface area contributed by atoms with Crippen LogP contribution in [-0.4, -0.2) is 33.7 Å². The number of benzene rings is 1. The summed E-state index contributed by atoms with van der Waals surface area (Å²) >= 11 is 0. The molecule has 0 unspecified atom stereocenters. The second kappa shape index (κ2) is 8.68. The lowest BCUT2D eigenvalue weighted by Crippen LogP contribution is -2.37. The molecule has 1 aromatic carbocycles. The van der Waals surface area contributed by atoms with Gasteiger partial charge in [-0.2, -0.15) is 0 Å². The van der Waals surface area contributed by atoms with Crippen LogP contribution in [0.4, 0.5) is 4.79 Å². The van der Waals surface area contributed by atoms with Crippen molar-refractivity contribution in [1.82, 2.24) is 25.2 Å². The maximum Gasteiger partial charge on any atom is 0.314 e. The molecule has 0 bridgehead atoms. The molecule has 130 valence electrons. The summed E-state index contributed by atoms with van der Waals surface area (Å²) in [5.41, 5.74) is 1.76. The zero-order valence-corrected chi connectivity index (χ0v) is 13.9. The lowest BCUT2D eigenvalue weighted by atomic mass is 10.2. The number of aryl methyl sites for hydroxylation is 1. The summed E-state index contributed by atoms with van der Waals surface area (Å²) in [4.78, 5) is 20.1. The minimum atomic E-state index is -0.169. The topological polar surface area (TPSA) is 85.0 Å². The summed E-state index contributed by atoms with van der Waals surface area (Å²) in [6.07, 6.45) is 8.52. The van der Waals surface area contributed by atoms with E-state index in [0.717, 1.165) is 24.2 Å². The fourth-order valence-corrected chi connectivity index (χ4v) is 2.38. The highest BCUT2D eigenvalue weighted by Gasteiger charge is 2.06. The van der Waals surface area contributed by atoms with Crippen LogP contribution in [0.1, 0.15) is 12.1 Å². The number of aromatic nitrogens is 3. The smallest absolute Gasteiger partial charge is 0.314 e. The molecule has 0 saturated carbocycles. The van der Waals surface area contributed by atoms with Crippen molar-refractivity contribution < 1.29 is 9.21 Å². The number of urea groups is 1. The van der Waals surface area contributed by atoms with E-state index in [2.05, 4.69) is 20.6 Å². The van der Waals surface area contributed by atoms with Crippen molar-refractivity contribution in [3.8, 4) is 11.5 Å². The Morgan fingerprint density at radius 2 is 2.00 bits per heavy atom. The minimum Gasteiger partial charge on any atom is -0.444 e. The van der Waals surface area contributed by atoms with Crippen molar-refractivity contribution in [3.05, 3.63) is 61.0 Å². The summed E-state index contributed by atoms with van der Waals surface area (Å²) < 4.78 is 7.46. The van der Waals surface area contributed by atoms with Crippen molar-refractivity contribution in [2.24, 2.45) is 0 Å². The molecule has 2 aromatic heterocycles. The molecule has 7 nitrogen and oxygen atoms in total. The number of hydrogen-bond donors (Lipinski definition) is 2. The molecular formula is C18H21N5O2. The van der Waals surface area contributed by atoms with Crippen molar-refractivity contribution in [2.45, 2.75) is 19.4 Å². The maximum atomic E-state index is 11.7. The Morgan fingerprint density at radius 3 is 2.80 bits per heavy atom. The maximum absolute atomic E-state index is 11.7. The lowest BCUT2D eigenvalue weighted by molar-refractivity contribution is 0.240. The monoisotopic (exact) mass is 339 g/mol. The summed E-state index contributed by atoms with van der Waals surface area (Å²) in [6.45, 7) is 1.96. The standard InChI is InChI=1S/C18H21N5O2/c24-18(20-8-4-11-23-12-10-19-14-23)21-9-7-16-13-25-17(22-16)15-5-2-1-3-6-15/h1-3,5-6,10,12-14H,4,7-9,11H2,(H2,20,21,24). The van der Waals surface area contributed by atoms with Gasteiger partial charge in [0.05, 0.1) is 12.0 Å². The first-order chi connectivity index (χ1) is 12.3. The molecule has 0 radical (unpaired) electrons. The summed E-state index contributed by atoms with van der Waals surface area (Å²) in [7, 11) is 0. The van der Waals surface area contributed by atoms with E-state index in [1.807, 2.05) is 41.1 Å². The second-order valence-corrected chi connectivity index (χ2v) is 5.60. The van der Waals surface area contributed by atoms with E-state index >= 15 is 0 Å². The van der Waals surface area contributed by atoms with Crippen LogP contribution in [0, 0.1) is 0 Å². The van der Waals surface area contributed by atoms with E-state index in [1.54, 1.807) is 18.8 Å². The summed E-state index contributed by atoms with van der Waals surface area (Å²) in [5, 5.41) is 5.66. The third kappa shape index (κ3) is 5.20. The first-order valence-electron chi connectivity index (χ1n) is 8.28. The molecule has 25 heavy (non-hydrogen) atoms. The molecule has 0 atom stereocenters. The number of rotatable bonds is 8. The van der Waals surface area contributed by atoms with Gasteiger partial charge in [-0.15, -0.1) is 0 Å². The van der Waals surface area contributed by atoms with Gasteiger partial charge in [-0.3, -0.25) is 0 Å². The average molecular weight is 339 g/mol. The molecule has 0 aliphatic heterocycles. The zero-order chi connectivity index (χ0) is 17.3. The normalized spacial score (nSPS) is 10.6. The van der Waals surface area contributed by atoms with E-state index in [-0.39, 0.29) is 6.03 Å². The third-order valence-corrected chi connectivity index (χ3v) is 3.68. The number of carbonyl (C=O) groups excluding carboxylic acids is 1. The number of nitrogens with one attached hydrogen (secondary N) is 2. The molecule has 3 rings (SSSR count). The molecule has 2 amide bonds. The van der Waals surface area contributed by atoms with Crippen LogP contribution in [0.25, 0.3) is 11.5 Å². The number of oxazole rings is 1. The molecule has 2 heterocycles. The predicted octanol–water partition coefficient (Wildman–Crippen LogP) is 2.47. The Labute approximate surface area is 146 Å². The highest BCUT2D eigenvalue weighted by Crippen LogP contribution is 2.17. The van der Waals surface area contributed by atoms with Gasteiger partial charge in [0.2, 0.25) is 5.89 Å². The minimum absolute atomic E-state index is 0.169. The molecule has 0 aliphatic rings. The summed E-state index contributed by atoms with van der Waals surface area (Å²) in [5.74, 6) is 0.597. The number of carbonyl (C=O) groups is 1. The van der Waals surface area contributed by atoms with Crippen LogP contribution in [0.5, 0.6) is 0 Å². The predicted molar refractivity (Wildman–Crippen MR) is 93.9 cm³/mol. The second-order valence-electron chi connectivity index (χ2n) is 5.60. The molecule has 7 heteroatoms. The molecular weight excluding hydrogens is 318 g/mol. The Bertz CT molecular complexity index is 768. The number of imidazole rings is 1. The van der Waals surface area contributed by atoms with Crippen molar-refractivity contribution in [3.63, 3.8) is 0 Å². The van der Waals surface area contributed by atoms with Crippen LogP contribution < -0.4 is 10.6 Å². The summed E-state index contributed by atoms with van der Waals surface area (Å²) in [6, 6.07) is 9.56. The van der Waals surface area contributed by atoms with Gasteiger partial charge in [-0.05, 0) is 18.6 Å². The highest BCUT2D eigenvalue weighted by atomic mass is 16.3. The average Bonchev–Trinajstić information content (AvgIpc) is 3.31. The number of amides is 2. The van der Waals surface area contributed by atoms with Gasteiger partial charge in [0.1, 0.15) is 6.26 Å². The zero-order valence-electron chi connectivity index (χ0n) is 13.9. The van der Waals surface area contributed by atoms with Crippen LogP contribution in [-0.2, 0) is 13.0 Å². The third-order valence-electron chi connectivity index (χ3n) is 3.68. The molecule has 0 saturated heterocycles. The van der Waals surface area contributed by atoms with E-state index in [9.17, 15) is 4.79 Å². The van der Waals surface area contributed by atoms with Gasteiger partial charge < -0.3 is 19.6 Å². The fraction of sp³-hybridized carbons (Fsp3) is 0.278. The number of nitrogens with zero attached hydrogens (tertiary/aromatic N) is 3. The molecule has 2 N–H and O–H groups in total. The van der Waals surface area contributed by atoms with Crippen LogP contribution in [0.2, 0.25) is 0 Å². The van der Waals surface area contributed by atoms with Crippen molar-refractivity contribution in [1.29, 1.82) is 0 Å². The Hall–Kier alpha value is -3.09. The van der Waals surface area contributed by atoms with Crippen molar-refractivity contribution in [2.75, 3.05) is 13.1 Å². The van der Waals surface area contributed by atoms with Gasteiger partial charge in [0, 0.05) is 44.0 Å². The van der Waals surface area contributed by atoms with Gasteiger partial charge in [-0.25, -0.2) is 14.8 Å². The first-order valence-corrected chi connectivity index (χ1v) is 8.28. The van der Waals surface area contributed by atoms with Crippen LogP contribution >= 0.6 is 0 Å². The molecule has 0 aliphatic carbocycles. The molecule has 0 fully saturated rings. The Morgan fingerprint density at radius 1 is 1.16 bits per heavy atom. The van der Waals surface area contributed by atoms with Gasteiger partial charge in [-0.1, -0.05) is 18.2 Å². The largest absolute Gasteiger partial charge is 0.444 e. The fourth-order valence-electron chi connectivity index (χ4n) is 2.38. The van der Waals surface area contributed by atoms with Crippen molar-refractivity contribution >= 4 is 6.03 Å². The molecule has 0 spiro atoms. The van der Waals surface area contributed by atoms with Gasteiger partial charge >= 0.3 is 6.03 Å². The van der Waals surface area contributed by atoms with E-state index in [0.29, 0.717) is 25.4 Å². The van der Waals surface area contributed by atoms with Crippen LogP contribution in [0.15, 0.2) is 59.7 Å². The lowest BCUT2D eigenvalue weighted by Gasteiger charge is -2.07. The molecule has 3 aromatic rings. The first kappa shape index (κ1) is 16.8. The Balaban J connectivity index is 1.32. The van der Waals surface area contributed by atoms with E-state index in [4.69, 9.17) is 4.42 Å². The Kier molecular flexibility index (Phi) is 5.82. The van der Waals surface area contributed by atoms with Gasteiger partial charge in [0.15, 0.2) is 0 Å². The van der Waals surface area contributed by atoms with E-state index < -0.39 is 0 Å². The quantitative estimate of drug-likeness (QED) is 0.618. The highest BCUT2D eigenvalue weighted by molar-refractivity contribution is 5.73. The van der Waals surface area contributed by atoms with Gasteiger partial charge in [0.25, 0.3) is 0 Å². The van der Waals surface area contributed by atoms with E-state index in [1.165, 1.54) is 0 Å². The van der Waals surface area contributed by atoms with Crippen LogP contribution in [0.3, 0.4) is 0 Å².